The maximum Gasteiger partial charge on any atom is 0.139 e. The number of nitrogens with one attached hydrogen (secondary N) is 2. The first-order valence-electron chi connectivity index (χ1n) is 6.33. The van der Waals surface area contributed by atoms with E-state index in [0.29, 0.717) is 0 Å². The summed E-state index contributed by atoms with van der Waals surface area (Å²) in [7, 11) is 0. The zero-order chi connectivity index (χ0) is 14.7. The van der Waals surface area contributed by atoms with Gasteiger partial charge in [-0.3, -0.25) is 0 Å². The Morgan fingerprint density at radius 1 is 1.05 bits per heavy atom. The molecule has 20 heavy (non-hydrogen) atoms. The molecule has 1 heterocycles. The topological polar surface area (TPSA) is 49.8 Å². The summed E-state index contributed by atoms with van der Waals surface area (Å²) in [6.45, 7) is 6.77. The van der Waals surface area contributed by atoms with Gasteiger partial charge in [-0.25, -0.2) is 9.97 Å². The minimum absolute atomic E-state index is 0.734. The fourth-order valence-electron chi connectivity index (χ4n) is 1.83. The Balaban J connectivity index is 2.43. The average molecular weight is 400 g/mol. The molecule has 0 amide bonds. The van der Waals surface area contributed by atoms with Gasteiger partial charge in [-0.2, -0.15) is 0 Å². The van der Waals surface area contributed by atoms with Crippen LogP contribution in [0, 0.1) is 13.8 Å². The van der Waals surface area contributed by atoms with Gasteiger partial charge in [-0.05, 0) is 64.8 Å². The van der Waals surface area contributed by atoms with Crippen LogP contribution in [0.3, 0.4) is 0 Å². The SMILES string of the molecule is CCNc1nc(C)nc(Nc2c(Br)cccc2Br)c1C. The summed E-state index contributed by atoms with van der Waals surface area (Å²) in [5.74, 6) is 2.41. The molecule has 2 aromatic rings. The predicted octanol–water partition coefficient (Wildman–Crippen LogP) is 4.79. The highest BCUT2D eigenvalue weighted by Crippen LogP contribution is 2.34. The van der Waals surface area contributed by atoms with Crippen LogP contribution in [0.15, 0.2) is 27.1 Å². The van der Waals surface area contributed by atoms with Crippen LogP contribution in [0.1, 0.15) is 18.3 Å². The summed E-state index contributed by atoms with van der Waals surface area (Å²) >= 11 is 7.09. The van der Waals surface area contributed by atoms with Crippen molar-refractivity contribution in [2.75, 3.05) is 17.2 Å². The van der Waals surface area contributed by atoms with Crippen molar-refractivity contribution in [2.45, 2.75) is 20.8 Å². The first kappa shape index (κ1) is 15.3. The highest BCUT2D eigenvalue weighted by atomic mass is 79.9. The number of aromatic nitrogens is 2. The molecule has 0 saturated heterocycles. The molecule has 0 aliphatic rings. The van der Waals surface area contributed by atoms with Gasteiger partial charge in [-0.15, -0.1) is 0 Å². The van der Waals surface area contributed by atoms with Crippen LogP contribution in [0.4, 0.5) is 17.3 Å². The molecular formula is C14H16Br2N4. The number of para-hydroxylation sites is 1. The molecule has 0 radical (unpaired) electrons. The Labute approximate surface area is 135 Å². The van der Waals surface area contributed by atoms with Crippen LogP contribution in [0.2, 0.25) is 0 Å². The Morgan fingerprint density at radius 3 is 2.25 bits per heavy atom. The number of benzene rings is 1. The van der Waals surface area contributed by atoms with Crippen molar-refractivity contribution < 1.29 is 0 Å². The molecule has 1 aromatic heterocycles. The zero-order valence-electron chi connectivity index (χ0n) is 11.6. The van der Waals surface area contributed by atoms with E-state index >= 15 is 0 Å². The average Bonchev–Trinajstić information content (AvgIpc) is 2.39. The van der Waals surface area contributed by atoms with Crippen LogP contribution >= 0.6 is 31.9 Å². The van der Waals surface area contributed by atoms with Crippen molar-refractivity contribution in [3.63, 3.8) is 0 Å². The molecule has 1 aromatic carbocycles. The summed E-state index contributed by atoms with van der Waals surface area (Å²) in [4.78, 5) is 8.91. The molecule has 0 atom stereocenters. The number of hydrogen-bond donors (Lipinski definition) is 2. The Morgan fingerprint density at radius 2 is 1.65 bits per heavy atom. The van der Waals surface area contributed by atoms with Crippen LogP contribution in [0.5, 0.6) is 0 Å². The number of hydrogen-bond acceptors (Lipinski definition) is 4. The van der Waals surface area contributed by atoms with Gasteiger partial charge in [0.05, 0.1) is 5.69 Å². The van der Waals surface area contributed by atoms with Gasteiger partial charge in [0.15, 0.2) is 0 Å². The molecule has 2 N–H and O–H groups in total. The summed E-state index contributed by atoms with van der Waals surface area (Å²) in [5, 5.41) is 6.62. The lowest BCUT2D eigenvalue weighted by Crippen LogP contribution is -2.08. The second-order valence-corrected chi connectivity index (χ2v) is 6.05. The van der Waals surface area contributed by atoms with Crippen molar-refractivity contribution in [1.82, 2.24) is 9.97 Å². The molecule has 0 fully saturated rings. The van der Waals surface area contributed by atoms with Gasteiger partial charge in [0.25, 0.3) is 0 Å². The van der Waals surface area contributed by atoms with Crippen molar-refractivity contribution >= 4 is 49.2 Å². The zero-order valence-corrected chi connectivity index (χ0v) is 14.8. The molecule has 106 valence electrons. The lowest BCUT2D eigenvalue weighted by Gasteiger charge is -2.15. The van der Waals surface area contributed by atoms with Gasteiger partial charge in [-0.1, -0.05) is 6.07 Å². The van der Waals surface area contributed by atoms with Crippen LogP contribution in [0.25, 0.3) is 0 Å². The minimum Gasteiger partial charge on any atom is -0.370 e. The second-order valence-electron chi connectivity index (χ2n) is 4.35. The number of rotatable bonds is 4. The lowest BCUT2D eigenvalue weighted by atomic mass is 10.2. The minimum atomic E-state index is 0.734. The van der Waals surface area contributed by atoms with E-state index in [2.05, 4.69) is 52.5 Å². The molecule has 2 rings (SSSR count). The second kappa shape index (κ2) is 6.54. The smallest absolute Gasteiger partial charge is 0.139 e. The van der Waals surface area contributed by atoms with E-state index < -0.39 is 0 Å². The third-order valence-electron chi connectivity index (χ3n) is 2.81. The molecule has 0 unspecified atom stereocenters. The highest BCUT2D eigenvalue weighted by molar-refractivity contribution is 9.11. The molecule has 0 aliphatic heterocycles. The number of aryl methyl sites for hydroxylation is 1. The number of halogens is 2. The summed E-state index contributed by atoms with van der Waals surface area (Å²) in [6.07, 6.45) is 0. The van der Waals surface area contributed by atoms with Crippen molar-refractivity contribution in [1.29, 1.82) is 0 Å². The van der Waals surface area contributed by atoms with Crippen LogP contribution in [-0.4, -0.2) is 16.5 Å². The van der Waals surface area contributed by atoms with Crippen LogP contribution < -0.4 is 10.6 Å². The van der Waals surface area contributed by atoms with Crippen molar-refractivity contribution in [3.05, 3.63) is 38.5 Å². The van der Waals surface area contributed by atoms with E-state index in [4.69, 9.17) is 0 Å². The van der Waals surface area contributed by atoms with E-state index in [-0.39, 0.29) is 0 Å². The standard InChI is InChI=1S/C14H16Br2N4/c1-4-17-13-8(2)14(19-9(3)18-13)20-12-10(15)6-5-7-11(12)16/h5-7H,4H2,1-3H3,(H2,17,18,19,20). The fraction of sp³-hybridized carbons (Fsp3) is 0.286. The molecule has 6 heteroatoms. The largest absolute Gasteiger partial charge is 0.370 e. The normalized spacial score (nSPS) is 10.4. The van der Waals surface area contributed by atoms with Gasteiger partial charge >= 0.3 is 0 Å². The summed E-state index contributed by atoms with van der Waals surface area (Å²) in [6, 6.07) is 5.95. The maximum atomic E-state index is 4.49. The van der Waals surface area contributed by atoms with E-state index in [0.717, 1.165) is 44.2 Å². The van der Waals surface area contributed by atoms with Crippen molar-refractivity contribution in [2.24, 2.45) is 0 Å². The fourth-order valence-corrected chi connectivity index (χ4v) is 3.02. The lowest BCUT2D eigenvalue weighted by molar-refractivity contribution is 1.02. The number of nitrogens with zero attached hydrogens (tertiary/aromatic N) is 2. The van der Waals surface area contributed by atoms with Gasteiger partial charge in [0.2, 0.25) is 0 Å². The first-order valence-corrected chi connectivity index (χ1v) is 7.91. The summed E-state index contributed by atoms with van der Waals surface area (Å²) < 4.78 is 1.96. The van der Waals surface area contributed by atoms with Gasteiger partial charge in [0, 0.05) is 21.1 Å². The van der Waals surface area contributed by atoms with Gasteiger partial charge < -0.3 is 10.6 Å². The maximum absolute atomic E-state index is 4.49. The van der Waals surface area contributed by atoms with Crippen molar-refractivity contribution in [3.8, 4) is 0 Å². The Bertz CT molecular complexity index is 609. The summed E-state index contributed by atoms with van der Waals surface area (Å²) in [5.41, 5.74) is 1.95. The van der Waals surface area contributed by atoms with Gasteiger partial charge in [0.1, 0.15) is 17.5 Å². The quantitative estimate of drug-likeness (QED) is 0.775. The molecule has 0 bridgehead atoms. The molecule has 0 aliphatic carbocycles. The molecule has 4 nitrogen and oxygen atoms in total. The van der Waals surface area contributed by atoms with E-state index in [1.165, 1.54) is 0 Å². The van der Waals surface area contributed by atoms with E-state index in [1.807, 2.05) is 39.0 Å². The molecular weight excluding hydrogens is 384 g/mol. The third kappa shape index (κ3) is 3.30. The monoisotopic (exact) mass is 398 g/mol. The van der Waals surface area contributed by atoms with Crippen LogP contribution in [-0.2, 0) is 0 Å². The number of anilines is 3. The molecule has 0 spiro atoms. The van der Waals surface area contributed by atoms with E-state index in [1.54, 1.807) is 0 Å². The predicted molar refractivity (Wildman–Crippen MR) is 90.8 cm³/mol. The first-order chi connectivity index (χ1) is 9.52. The Hall–Kier alpha value is -1.14. The molecule has 0 saturated carbocycles. The highest BCUT2D eigenvalue weighted by Gasteiger charge is 2.11. The Kier molecular flexibility index (Phi) is 4.99. The van der Waals surface area contributed by atoms with E-state index in [9.17, 15) is 0 Å². The third-order valence-corrected chi connectivity index (χ3v) is 4.13.